The highest BCUT2D eigenvalue weighted by atomic mass is 16.3. The van der Waals surface area contributed by atoms with Gasteiger partial charge in [-0.25, -0.2) is 0 Å². The molecule has 1 aromatic rings. The van der Waals surface area contributed by atoms with E-state index in [2.05, 4.69) is 0 Å². The van der Waals surface area contributed by atoms with E-state index in [4.69, 9.17) is 4.42 Å². The van der Waals surface area contributed by atoms with Crippen LogP contribution in [-0.2, 0) is 4.79 Å². The van der Waals surface area contributed by atoms with E-state index >= 15 is 0 Å². The number of carbonyl (C=O) groups excluding carboxylic acids is 2. The molecule has 120 valence electrons. The molecule has 22 heavy (non-hydrogen) atoms. The molecule has 3 heterocycles. The summed E-state index contributed by atoms with van der Waals surface area (Å²) < 4.78 is 5.20. The fraction of sp³-hybridized carbons (Fsp3) is 0.647. The van der Waals surface area contributed by atoms with Gasteiger partial charge in [0.05, 0.1) is 6.26 Å². The van der Waals surface area contributed by atoms with Crippen LogP contribution in [0, 0.1) is 5.92 Å². The summed E-state index contributed by atoms with van der Waals surface area (Å²) in [6, 6.07) is 3.45. The Bertz CT molecular complexity index is 506. The number of amides is 2. The lowest BCUT2D eigenvalue weighted by Crippen LogP contribution is -2.40. The molecule has 2 fully saturated rings. The van der Waals surface area contributed by atoms with Gasteiger partial charge in [0.1, 0.15) is 0 Å². The summed E-state index contributed by atoms with van der Waals surface area (Å²) in [5, 5.41) is 0. The van der Waals surface area contributed by atoms with E-state index in [9.17, 15) is 9.59 Å². The Balaban J connectivity index is 1.48. The van der Waals surface area contributed by atoms with Crippen molar-refractivity contribution in [3.63, 3.8) is 0 Å². The first-order valence-electron chi connectivity index (χ1n) is 8.34. The van der Waals surface area contributed by atoms with Gasteiger partial charge in [0.2, 0.25) is 5.91 Å². The van der Waals surface area contributed by atoms with Crippen LogP contribution in [0.4, 0.5) is 0 Å². The summed E-state index contributed by atoms with van der Waals surface area (Å²) in [4.78, 5) is 28.3. The van der Waals surface area contributed by atoms with Crippen molar-refractivity contribution in [2.45, 2.75) is 38.5 Å². The molecule has 2 aliphatic rings. The van der Waals surface area contributed by atoms with Crippen LogP contribution < -0.4 is 0 Å². The number of rotatable bonds is 4. The largest absolute Gasteiger partial charge is 0.459 e. The van der Waals surface area contributed by atoms with Gasteiger partial charge in [0.15, 0.2) is 5.76 Å². The molecule has 0 spiro atoms. The maximum absolute atomic E-state index is 12.3. The second-order valence-corrected chi connectivity index (χ2v) is 6.36. The normalized spacial score (nSPS) is 22.1. The fourth-order valence-corrected chi connectivity index (χ4v) is 3.49. The topological polar surface area (TPSA) is 53.8 Å². The summed E-state index contributed by atoms with van der Waals surface area (Å²) in [7, 11) is 0. The van der Waals surface area contributed by atoms with Crippen LogP contribution in [0.1, 0.15) is 49.1 Å². The van der Waals surface area contributed by atoms with E-state index in [1.54, 1.807) is 12.1 Å². The summed E-state index contributed by atoms with van der Waals surface area (Å²) in [5.41, 5.74) is 0. The fourth-order valence-electron chi connectivity index (χ4n) is 3.49. The lowest BCUT2D eigenvalue weighted by molar-refractivity contribution is -0.130. The SMILES string of the molecule is O=C(CCC1CCCN(C(=O)c2ccco2)C1)N1CCCC1. The highest BCUT2D eigenvalue weighted by molar-refractivity contribution is 5.91. The smallest absolute Gasteiger partial charge is 0.289 e. The van der Waals surface area contributed by atoms with Gasteiger partial charge in [-0.1, -0.05) is 0 Å². The van der Waals surface area contributed by atoms with Crippen molar-refractivity contribution in [3.8, 4) is 0 Å². The zero-order valence-corrected chi connectivity index (χ0v) is 13.0. The van der Waals surface area contributed by atoms with Crippen molar-refractivity contribution < 1.29 is 14.0 Å². The molecular weight excluding hydrogens is 280 g/mol. The Hall–Kier alpha value is -1.78. The Labute approximate surface area is 131 Å². The van der Waals surface area contributed by atoms with Crippen LogP contribution in [0.25, 0.3) is 0 Å². The van der Waals surface area contributed by atoms with E-state index < -0.39 is 0 Å². The molecule has 0 radical (unpaired) electrons. The molecule has 0 aliphatic carbocycles. The van der Waals surface area contributed by atoms with Crippen molar-refractivity contribution >= 4 is 11.8 Å². The number of hydrogen-bond acceptors (Lipinski definition) is 3. The molecule has 0 bridgehead atoms. The first-order chi connectivity index (χ1) is 10.7. The Morgan fingerprint density at radius 1 is 1.14 bits per heavy atom. The molecule has 0 saturated carbocycles. The molecule has 1 aromatic heterocycles. The highest BCUT2D eigenvalue weighted by Gasteiger charge is 2.27. The second kappa shape index (κ2) is 6.99. The van der Waals surface area contributed by atoms with Crippen LogP contribution in [0.2, 0.25) is 0 Å². The van der Waals surface area contributed by atoms with Crippen LogP contribution in [0.5, 0.6) is 0 Å². The number of carbonyl (C=O) groups is 2. The molecule has 0 aromatic carbocycles. The van der Waals surface area contributed by atoms with Gasteiger partial charge < -0.3 is 14.2 Å². The van der Waals surface area contributed by atoms with E-state index in [-0.39, 0.29) is 11.8 Å². The maximum Gasteiger partial charge on any atom is 0.289 e. The maximum atomic E-state index is 12.3. The lowest BCUT2D eigenvalue weighted by Gasteiger charge is -2.32. The number of nitrogens with zero attached hydrogens (tertiary/aromatic N) is 2. The highest BCUT2D eigenvalue weighted by Crippen LogP contribution is 2.23. The van der Waals surface area contributed by atoms with Gasteiger partial charge >= 0.3 is 0 Å². The second-order valence-electron chi connectivity index (χ2n) is 6.36. The predicted molar refractivity (Wildman–Crippen MR) is 82.4 cm³/mol. The van der Waals surface area contributed by atoms with E-state index in [0.29, 0.717) is 18.1 Å². The Morgan fingerprint density at radius 3 is 2.64 bits per heavy atom. The summed E-state index contributed by atoms with van der Waals surface area (Å²) in [6.45, 7) is 3.38. The summed E-state index contributed by atoms with van der Waals surface area (Å²) >= 11 is 0. The zero-order valence-electron chi connectivity index (χ0n) is 13.0. The summed E-state index contributed by atoms with van der Waals surface area (Å²) in [6.07, 6.45) is 7.43. The molecule has 5 heteroatoms. The number of likely N-dealkylation sites (tertiary alicyclic amines) is 2. The van der Waals surface area contributed by atoms with Crippen molar-refractivity contribution in [2.75, 3.05) is 26.2 Å². The molecule has 2 amide bonds. The predicted octanol–water partition coefficient (Wildman–Crippen LogP) is 2.53. The summed E-state index contributed by atoms with van der Waals surface area (Å²) in [5.74, 6) is 1.10. The van der Waals surface area contributed by atoms with Gasteiger partial charge in [-0.3, -0.25) is 9.59 Å². The third-order valence-corrected chi connectivity index (χ3v) is 4.76. The third-order valence-electron chi connectivity index (χ3n) is 4.76. The standard InChI is InChI=1S/C17H24N2O3/c20-16(18-9-1-2-10-18)8-7-14-5-3-11-19(13-14)17(21)15-6-4-12-22-15/h4,6,12,14H,1-3,5,7-11,13H2. The number of furan rings is 1. The molecule has 2 aliphatic heterocycles. The van der Waals surface area contributed by atoms with E-state index in [0.717, 1.165) is 58.3 Å². The molecule has 0 N–H and O–H groups in total. The molecule has 5 nitrogen and oxygen atoms in total. The first-order valence-corrected chi connectivity index (χ1v) is 8.34. The molecular formula is C17H24N2O3. The van der Waals surface area contributed by atoms with Crippen LogP contribution in [-0.4, -0.2) is 47.8 Å². The van der Waals surface area contributed by atoms with Crippen LogP contribution in [0.3, 0.4) is 0 Å². The van der Waals surface area contributed by atoms with Crippen molar-refractivity contribution in [1.29, 1.82) is 0 Å². The Kier molecular flexibility index (Phi) is 4.80. The average Bonchev–Trinajstić information content (AvgIpc) is 3.25. The van der Waals surface area contributed by atoms with Crippen molar-refractivity contribution in [2.24, 2.45) is 5.92 Å². The molecule has 1 unspecified atom stereocenters. The minimum atomic E-state index is -0.0273. The Morgan fingerprint density at radius 2 is 1.91 bits per heavy atom. The monoisotopic (exact) mass is 304 g/mol. The van der Waals surface area contributed by atoms with E-state index in [1.165, 1.54) is 6.26 Å². The number of piperidine rings is 1. The quantitative estimate of drug-likeness (QED) is 0.859. The van der Waals surface area contributed by atoms with Gasteiger partial charge in [-0.15, -0.1) is 0 Å². The lowest BCUT2D eigenvalue weighted by atomic mass is 9.93. The average molecular weight is 304 g/mol. The minimum absolute atomic E-state index is 0.0273. The molecule has 2 saturated heterocycles. The van der Waals surface area contributed by atoms with Crippen LogP contribution in [0.15, 0.2) is 22.8 Å². The molecule has 3 rings (SSSR count). The third kappa shape index (κ3) is 3.51. The zero-order chi connectivity index (χ0) is 15.4. The van der Waals surface area contributed by atoms with Crippen molar-refractivity contribution in [3.05, 3.63) is 24.2 Å². The van der Waals surface area contributed by atoms with Gasteiger partial charge in [0, 0.05) is 32.6 Å². The van der Waals surface area contributed by atoms with Gasteiger partial charge in [-0.05, 0) is 50.2 Å². The van der Waals surface area contributed by atoms with Gasteiger partial charge in [0.25, 0.3) is 5.91 Å². The molecule has 1 atom stereocenters. The first kappa shape index (κ1) is 15.1. The van der Waals surface area contributed by atoms with Crippen LogP contribution >= 0.6 is 0 Å². The minimum Gasteiger partial charge on any atom is -0.459 e. The van der Waals surface area contributed by atoms with Crippen molar-refractivity contribution in [1.82, 2.24) is 9.80 Å². The number of hydrogen-bond donors (Lipinski definition) is 0. The van der Waals surface area contributed by atoms with Gasteiger partial charge in [-0.2, -0.15) is 0 Å². The van der Waals surface area contributed by atoms with E-state index in [1.807, 2.05) is 9.80 Å².